The topological polar surface area (TPSA) is 52.2 Å². The van der Waals surface area contributed by atoms with Gasteiger partial charge in [-0.1, -0.05) is 20.3 Å². The normalized spacial score (nSPS) is 16.7. The summed E-state index contributed by atoms with van der Waals surface area (Å²) in [4.78, 5) is 0. The maximum absolute atomic E-state index is 10.00. The van der Waals surface area contributed by atoms with Crippen LogP contribution in [0.25, 0.3) is 0 Å². The Kier molecular flexibility index (Phi) is 5.87. The average Bonchev–Trinajstić information content (AvgIpc) is 1.85. The average molecular weight is 164 g/mol. The van der Waals surface area contributed by atoms with Gasteiger partial charge >= 0.3 is 0 Å². The van der Waals surface area contributed by atoms with E-state index < -0.39 is 11.3 Å². The van der Waals surface area contributed by atoms with Crippen molar-refractivity contribution in [1.82, 2.24) is 4.72 Å². The molecule has 0 bridgehead atoms. The lowest BCUT2D eigenvalue weighted by Gasteiger charge is -2.12. The van der Waals surface area contributed by atoms with Crippen molar-refractivity contribution < 1.29 is 8.76 Å². The molecule has 0 fully saturated rings. The quantitative estimate of drug-likeness (QED) is 0.611. The van der Waals surface area contributed by atoms with Crippen LogP contribution in [-0.4, -0.2) is 15.3 Å². The summed E-state index contributed by atoms with van der Waals surface area (Å²) in [7, 11) is 0. The maximum Gasteiger partial charge on any atom is 0.0181 e. The molecule has 4 heteroatoms. The monoisotopic (exact) mass is 164 g/mol. The lowest BCUT2D eigenvalue weighted by molar-refractivity contribution is 0.484. The van der Waals surface area contributed by atoms with Crippen molar-refractivity contribution in [3.05, 3.63) is 0 Å². The van der Waals surface area contributed by atoms with Gasteiger partial charge in [-0.05, 0) is 12.3 Å². The predicted molar refractivity (Wildman–Crippen MR) is 41.0 cm³/mol. The molecular weight excluding hydrogens is 150 g/mol. The minimum absolute atomic E-state index is 0.447. The first-order valence-corrected chi connectivity index (χ1v) is 4.57. The Balaban J connectivity index is 3.21. The molecule has 0 aromatic rings. The third-order valence-corrected chi connectivity index (χ3v) is 1.73. The van der Waals surface area contributed by atoms with Crippen LogP contribution in [0, 0.1) is 5.92 Å². The highest BCUT2D eigenvalue weighted by Gasteiger charge is 1.97. The standard InChI is InChI=1S/C6H15NO2S/c1-3-4-6(2)5-7-10(8)9/h6-7H,3-5H2,1-2H3,(H,8,9)/p-1. The van der Waals surface area contributed by atoms with Gasteiger partial charge in [0, 0.05) is 17.8 Å². The summed E-state index contributed by atoms with van der Waals surface area (Å²) in [5, 5.41) is 0. The van der Waals surface area contributed by atoms with Crippen molar-refractivity contribution >= 4 is 11.3 Å². The van der Waals surface area contributed by atoms with Gasteiger partial charge in [-0.25, -0.2) is 4.72 Å². The first-order chi connectivity index (χ1) is 4.66. The molecule has 0 aromatic carbocycles. The van der Waals surface area contributed by atoms with Gasteiger partial charge in [0.2, 0.25) is 0 Å². The largest absolute Gasteiger partial charge is 0.760 e. The fourth-order valence-corrected chi connectivity index (χ4v) is 1.23. The Hall–Kier alpha value is 0.0700. The molecule has 0 aliphatic rings. The second-order valence-corrected chi connectivity index (χ2v) is 3.24. The molecule has 0 rings (SSSR count). The summed E-state index contributed by atoms with van der Waals surface area (Å²) in [6.07, 6.45) is 2.18. The van der Waals surface area contributed by atoms with E-state index in [9.17, 15) is 8.76 Å². The molecular formula is C6H14NO2S-. The zero-order valence-electron chi connectivity index (χ0n) is 6.42. The summed E-state index contributed by atoms with van der Waals surface area (Å²) in [5.74, 6) is 0.447. The van der Waals surface area contributed by atoms with Crippen LogP contribution in [0.5, 0.6) is 0 Å². The molecule has 0 heterocycles. The molecule has 2 unspecified atom stereocenters. The van der Waals surface area contributed by atoms with Gasteiger partial charge in [-0.3, -0.25) is 4.21 Å². The number of hydrogen-bond donors (Lipinski definition) is 1. The third kappa shape index (κ3) is 6.19. The van der Waals surface area contributed by atoms with Gasteiger partial charge in [0.25, 0.3) is 0 Å². The van der Waals surface area contributed by atoms with E-state index in [0.29, 0.717) is 12.5 Å². The summed E-state index contributed by atoms with van der Waals surface area (Å²) in [5.41, 5.74) is 0. The molecule has 62 valence electrons. The maximum atomic E-state index is 10.00. The van der Waals surface area contributed by atoms with E-state index in [1.165, 1.54) is 0 Å². The SMILES string of the molecule is CCCC(C)CNS(=O)[O-]. The fourth-order valence-electron chi connectivity index (χ4n) is 0.805. The van der Waals surface area contributed by atoms with Gasteiger partial charge in [0.05, 0.1) is 0 Å². The van der Waals surface area contributed by atoms with Crippen LogP contribution < -0.4 is 4.72 Å². The van der Waals surface area contributed by atoms with Crippen molar-refractivity contribution in [2.75, 3.05) is 6.54 Å². The second kappa shape index (κ2) is 5.82. The third-order valence-electron chi connectivity index (χ3n) is 1.33. The second-order valence-electron chi connectivity index (χ2n) is 2.48. The Labute approximate surface area is 64.6 Å². The summed E-state index contributed by atoms with van der Waals surface area (Å²) >= 11 is -2.09. The Bertz CT molecular complexity index is 108. The molecule has 3 nitrogen and oxygen atoms in total. The highest BCUT2D eigenvalue weighted by atomic mass is 32.2. The van der Waals surface area contributed by atoms with Gasteiger partial charge in [0.1, 0.15) is 0 Å². The van der Waals surface area contributed by atoms with E-state index in [1.807, 2.05) is 6.92 Å². The Morgan fingerprint density at radius 2 is 2.30 bits per heavy atom. The van der Waals surface area contributed by atoms with Gasteiger partial charge in [-0.15, -0.1) is 0 Å². The van der Waals surface area contributed by atoms with Gasteiger partial charge in [-0.2, -0.15) is 0 Å². The lowest BCUT2D eigenvalue weighted by atomic mass is 10.1. The highest BCUT2D eigenvalue weighted by molar-refractivity contribution is 7.77. The van der Waals surface area contributed by atoms with Crippen molar-refractivity contribution in [1.29, 1.82) is 0 Å². The Morgan fingerprint density at radius 3 is 2.70 bits per heavy atom. The van der Waals surface area contributed by atoms with E-state index in [2.05, 4.69) is 11.6 Å². The van der Waals surface area contributed by atoms with Crippen molar-refractivity contribution in [2.24, 2.45) is 5.92 Å². The highest BCUT2D eigenvalue weighted by Crippen LogP contribution is 2.02. The van der Waals surface area contributed by atoms with Crippen LogP contribution in [0.2, 0.25) is 0 Å². The number of hydrogen-bond acceptors (Lipinski definition) is 2. The van der Waals surface area contributed by atoms with Gasteiger partial charge in [0.15, 0.2) is 0 Å². The van der Waals surface area contributed by atoms with E-state index in [4.69, 9.17) is 0 Å². The minimum Gasteiger partial charge on any atom is -0.760 e. The zero-order valence-corrected chi connectivity index (χ0v) is 7.24. The zero-order chi connectivity index (χ0) is 7.98. The molecule has 0 saturated heterocycles. The molecule has 0 saturated carbocycles. The summed E-state index contributed by atoms with van der Waals surface area (Å²) in [6, 6.07) is 0. The molecule has 2 atom stereocenters. The Morgan fingerprint density at radius 1 is 1.70 bits per heavy atom. The minimum atomic E-state index is -2.09. The molecule has 0 aromatic heterocycles. The van der Waals surface area contributed by atoms with Crippen LogP contribution in [-0.2, 0) is 11.3 Å². The number of nitrogens with one attached hydrogen (secondary N) is 1. The van der Waals surface area contributed by atoms with Crippen LogP contribution in [0.3, 0.4) is 0 Å². The first kappa shape index (κ1) is 10.1. The molecule has 0 amide bonds. The van der Waals surface area contributed by atoms with Crippen LogP contribution in [0.15, 0.2) is 0 Å². The molecule has 0 spiro atoms. The molecule has 10 heavy (non-hydrogen) atoms. The van der Waals surface area contributed by atoms with Gasteiger partial charge < -0.3 is 4.55 Å². The predicted octanol–water partition coefficient (Wildman–Crippen LogP) is 0.806. The molecule has 1 N–H and O–H groups in total. The van der Waals surface area contributed by atoms with E-state index in [-0.39, 0.29) is 0 Å². The first-order valence-electron chi connectivity index (χ1n) is 3.49. The molecule has 0 aliphatic carbocycles. The van der Waals surface area contributed by atoms with E-state index in [0.717, 1.165) is 12.8 Å². The van der Waals surface area contributed by atoms with Crippen LogP contribution in [0.1, 0.15) is 26.7 Å². The lowest BCUT2D eigenvalue weighted by Crippen LogP contribution is -2.22. The smallest absolute Gasteiger partial charge is 0.0181 e. The fraction of sp³-hybridized carbons (Fsp3) is 1.00. The molecule has 0 radical (unpaired) electrons. The van der Waals surface area contributed by atoms with E-state index >= 15 is 0 Å². The van der Waals surface area contributed by atoms with Crippen molar-refractivity contribution in [3.63, 3.8) is 0 Å². The number of rotatable bonds is 5. The van der Waals surface area contributed by atoms with Crippen LogP contribution >= 0.6 is 0 Å². The summed E-state index contributed by atoms with van der Waals surface area (Å²) in [6.45, 7) is 4.68. The summed E-state index contributed by atoms with van der Waals surface area (Å²) < 4.78 is 22.3. The van der Waals surface area contributed by atoms with Crippen molar-refractivity contribution in [3.8, 4) is 0 Å². The van der Waals surface area contributed by atoms with Crippen LogP contribution in [0.4, 0.5) is 0 Å². The van der Waals surface area contributed by atoms with E-state index in [1.54, 1.807) is 0 Å². The van der Waals surface area contributed by atoms with Crippen molar-refractivity contribution in [2.45, 2.75) is 26.7 Å². The molecule has 0 aliphatic heterocycles.